The molecule has 0 aliphatic carbocycles. The first-order valence-electron chi connectivity index (χ1n) is 6.99. The highest BCUT2D eigenvalue weighted by Gasteiger charge is 2.28. The molecule has 0 aromatic rings. The lowest BCUT2D eigenvalue weighted by atomic mass is 10.0. The van der Waals surface area contributed by atoms with Crippen molar-refractivity contribution in [3.05, 3.63) is 11.6 Å². The summed E-state index contributed by atoms with van der Waals surface area (Å²) in [4.78, 5) is 33.7. The predicted octanol–water partition coefficient (Wildman–Crippen LogP) is 2.43. The first-order chi connectivity index (χ1) is 9.56. The normalized spacial score (nSPS) is 11.3. The van der Waals surface area contributed by atoms with Crippen molar-refractivity contribution in [2.45, 2.75) is 46.5 Å². The van der Waals surface area contributed by atoms with Crippen molar-refractivity contribution in [3.8, 4) is 0 Å². The molecule has 5 nitrogen and oxygen atoms in total. The van der Waals surface area contributed by atoms with E-state index >= 15 is 0 Å². The van der Waals surface area contributed by atoms with Gasteiger partial charge in [0.05, 0.1) is 13.2 Å². The minimum Gasteiger partial charge on any atom is -0.465 e. The molecule has 20 heavy (non-hydrogen) atoms. The molecule has 0 aromatic heterocycles. The van der Waals surface area contributed by atoms with Gasteiger partial charge in [0.25, 0.3) is 0 Å². The number of allylic oxidation sites excluding steroid dienone is 2. The van der Waals surface area contributed by atoms with Crippen LogP contribution in [0, 0.1) is 5.92 Å². The molecular formula is C15H24O5. The zero-order chi connectivity index (χ0) is 15.4. The van der Waals surface area contributed by atoms with E-state index in [9.17, 15) is 14.4 Å². The number of ether oxygens (including phenoxy) is 2. The quantitative estimate of drug-likeness (QED) is 0.267. The van der Waals surface area contributed by atoms with Gasteiger partial charge in [0, 0.05) is 6.42 Å². The van der Waals surface area contributed by atoms with E-state index in [-0.39, 0.29) is 13.2 Å². The molecule has 0 saturated carbocycles. The number of esters is 2. The van der Waals surface area contributed by atoms with Gasteiger partial charge in [0.2, 0.25) is 0 Å². The lowest BCUT2D eigenvalue weighted by Gasteiger charge is -2.13. The second-order valence-corrected chi connectivity index (χ2v) is 4.39. The molecule has 114 valence electrons. The van der Waals surface area contributed by atoms with Crippen LogP contribution in [0.3, 0.4) is 0 Å². The average molecular weight is 284 g/mol. The Hall–Kier alpha value is -1.65. The van der Waals surface area contributed by atoms with Crippen molar-refractivity contribution >= 4 is 18.2 Å². The van der Waals surface area contributed by atoms with Gasteiger partial charge >= 0.3 is 11.9 Å². The molecule has 0 rings (SSSR count). The first kappa shape index (κ1) is 18.4. The molecule has 0 atom stereocenters. The highest BCUT2D eigenvalue weighted by molar-refractivity contribution is 5.94. The van der Waals surface area contributed by atoms with E-state index in [1.165, 1.54) is 0 Å². The van der Waals surface area contributed by atoms with Crippen LogP contribution >= 0.6 is 0 Å². The van der Waals surface area contributed by atoms with Crippen LogP contribution in [-0.2, 0) is 23.9 Å². The SMILES string of the molecule is CCOC(=O)C(CC/C=C(/C)CCC=O)C(=O)OCC. The van der Waals surface area contributed by atoms with Gasteiger partial charge in [-0.25, -0.2) is 0 Å². The summed E-state index contributed by atoms with van der Waals surface area (Å²) in [5.41, 5.74) is 1.07. The van der Waals surface area contributed by atoms with Crippen LogP contribution in [0.15, 0.2) is 11.6 Å². The minimum atomic E-state index is -0.870. The third-order valence-corrected chi connectivity index (χ3v) is 2.75. The Balaban J connectivity index is 4.46. The number of carbonyl (C=O) groups is 3. The summed E-state index contributed by atoms with van der Waals surface area (Å²) in [6.07, 6.45) is 4.93. The van der Waals surface area contributed by atoms with Crippen LogP contribution in [0.1, 0.15) is 46.5 Å². The van der Waals surface area contributed by atoms with Crippen LogP contribution in [0.5, 0.6) is 0 Å². The van der Waals surface area contributed by atoms with Crippen LogP contribution in [0.4, 0.5) is 0 Å². The molecule has 0 bridgehead atoms. The fourth-order valence-electron chi connectivity index (χ4n) is 1.70. The van der Waals surface area contributed by atoms with Crippen molar-refractivity contribution in [2.75, 3.05) is 13.2 Å². The van der Waals surface area contributed by atoms with Crippen LogP contribution in [0.25, 0.3) is 0 Å². The van der Waals surface area contributed by atoms with Gasteiger partial charge in [0.1, 0.15) is 6.29 Å². The molecule has 0 fully saturated rings. The molecule has 0 saturated heterocycles. The van der Waals surface area contributed by atoms with Crippen molar-refractivity contribution in [2.24, 2.45) is 5.92 Å². The fraction of sp³-hybridized carbons (Fsp3) is 0.667. The molecule has 0 unspecified atom stereocenters. The zero-order valence-electron chi connectivity index (χ0n) is 12.5. The van der Waals surface area contributed by atoms with Crippen LogP contribution in [-0.4, -0.2) is 31.4 Å². The van der Waals surface area contributed by atoms with Crippen molar-refractivity contribution in [1.82, 2.24) is 0 Å². The van der Waals surface area contributed by atoms with Gasteiger partial charge in [-0.3, -0.25) is 9.59 Å². The molecule has 0 aliphatic rings. The van der Waals surface area contributed by atoms with E-state index in [1.54, 1.807) is 13.8 Å². The molecule has 0 heterocycles. The molecule has 0 aromatic carbocycles. The van der Waals surface area contributed by atoms with Crippen LogP contribution in [0.2, 0.25) is 0 Å². The molecule has 5 heteroatoms. The first-order valence-corrected chi connectivity index (χ1v) is 6.99. The van der Waals surface area contributed by atoms with Gasteiger partial charge in [-0.2, -0.15) is 0 Å². The average Bonchev–Trinajstić information content (AvgIpc) is 2.41. The number of carbonyl (C=O) groups excluding carboxylic acids is 3. The predicted molar refractivity (Wildman–Crippen MR) is 75.0 cm³/mol. The number of hydrogen-bond acceptors (Lipinski definition) is 5. The second-order valence-electron chi connectivity index (χ2n) is 4.39. The minimum absolute atomic E-state index is 0.239. The van der Waals surface area contributed by atoms with Gasteiger partial charge in [0.15, 0.2) is 5.92 Å². The summed E-state index contributed by atoms with van der Waals surface area (Å²) < 4.78 is 9.77. The Bertz CT molecular complexity index is 328. The van der Waals surface area contributed by atoms with E-state index < -0.39 is 17.9 Å². The highest BCUT2D eigenvalue weighted by Crippen LogP contribution is 2.14. The van der Waals surface area contributed by atoms with E-state index in [2.05, 4.69) is 0 Å². The Kier molecular flexibility index (Phi) is 10.3. The Morgan fingerprint density at radius 2 is 1.60 bits per heavy atom. The molecule has 0 radical (unpaired) electrons. The van der Waals surface area contributed by atoms with Crippen molar-refractivity contribution < 1.29 is 23.9 Å². The van der Waals surface area contributed by atoms with Gasteiger partial charge < -0.3 is 14.3 Å². The summed E-state index contributed by atoms with van der Waals surface area (Å²) in [7, 11) is 0. The largest absolute Gasteiger partial charge is 0.465 e. The number of hydrogen-bond donors (Lipinski definition) is 0. The Labute approximate surface area is 120 Å². The summed E-state index contributed by atoms with van der Waals surface area (Å²) in [6, 6.07) is 0. The van der Waals surface area contributed by atoms with E-state index in [1.807, 2.05) is 13.0 Å². The highest BCUT2D eigenvalue weighted by atomic mass is 16.6. The van der Waals surface area contributed by atoms with Gasteiger partial charge in [-0.15, -0.1) is 0 Å². The maximum absolute atomic E-state index is 11.7. The molecule has 0 spiro atoms. The zero-order valence-corrected chi connectivity index (χ0v) is 12.5. The number of aldehydes is 1. The summed E-state index contributed by atoms with van der Waals surface area (Å²) in [5, 5.41) is 0. The maximum atomic E-state index is 11.7. The summed E-state index contributed by atoms with van der Waals surface area (Å²) in [6.45, 7) is 5.80. The monoisotopic (exact) mass is 284 g/mol. The van der Waals surface area contributed by atoms with E-state index in [0.717, 1.165) is 11.9 Å². The topological polar surface area (TPSA) is 69.7 Å². The van der Waals surface area contributed by atoms with Crippen molar-refractivity contribution in [3.63, 3.8) is 0 Å². The lowest BCUT2D eigenvalue weighted by Crippen LogP contribution is -2.28. The molecule has 0 aliphatic heterocycles. The molecular weight excluding hydrogens is 260 g/mol. The van der Waals surface area contributed by atoms with E-state index in [4.69, 9.17) is 9.47 Å². The third-order valence-electron chi connectivity index (χ3n) is 2.75. The second kappa shape index (κ2) is 11.2. The van der Waals surface area contributed by atoms with Crippen LogP contribution < -0.4 is 0 Å². The molecule has 0 amide bonds. The van der Waals surface area contributed by atoms with Gasteiger partial charge in [-0.05, 0) is 40.0 Å². The smallest absolute Gasteiger partial charge is 0.320 e. The summed E-state index contributed by atoms with van der Waals surface area (Å²) in [5.74, 6) is -1.94. The lowest BCUT2D eigenvalue weighted by molar-refractivity contribution is -0.161. The van der Waals surface area contributed by atoms with E-state index in [0.29, 0.717) is 25.7 Å². The van der Waals surface area contributed by atoms with Gasteiger partial charge in [-0.1, -0.05) is 11.6 Å². The Morgan fingerprint density at radius 1 is 1.05 bits per heavy atom. The standard InChI is InChI=1S/C15H24O5/c1-4-19-14(17)13(15(18)20-5-2)10-6-8-12(3)9-7-11-16/h8,11,13H,4-7,9-10H2,1-3H3/b12-8-. The number of rotatable bonds is 10. The van der Waals surface area contributed by atoms with Crippen molar-refractivity contribution in [1.29, 1.82) is 0 Å². The molecule has 0 N–H and O–H groups in total. The fourth-order valence-corrected chi connectivity index (χ4v) is 1.70. The summed E-state index contributed by atoms with van der Waals surface area (Å²) >= 11 is 0. The third kappa shape index (κ3) is 7.71. The maximum Gasteiger partial charge on any atom is 0.320 e. The Morgan fingerprint density at radius 3 is 2.05 bits per heavy atom.